The average Bonchev–Trinajstić information content (AvgIpc) is 2.67. The van der Waals surface area contributed by atoms with Crippen molar-refractivity contribution in [3.05, 3.63) is 35.7 Å². The Hall–Kier alpha value is -1.39. The fourth-order valence-electron chi connectivity index (χ4n) is 1.96. The van der Waals surface area contributed by atoms with E-state index in [4.69, 9.17) is 0 Å². The minimum atomic E-state index is 0. The Bertz CT molecular complexity index is 562. The zero-order valence-electron chi connectivity index (χ0n) is 11.7. The van der Waals surface area contributed by atoms with E-state index in [9.17, 15) is 4.79 Å². The van der Waals surface area contributed by atoms with Crippen molar-refractivity contribution in [2.75, 3.05) is 0 Å². The molecule has 2 rings (SSSR count). The zero-order chi connectivity index (χ0) is 12.6. The van der Waals surface area contributed by atoms with Gasteiger partial charge in [-0.25, -0.2) is 4.52 Å². The van der Waals surface area contributed by atoms with Gasteiger partial charge in [0.2, 0.25) is 0 Å². The fraction of sp³-hybridized carbons (Fsp3) is 0.429. The molecule has 106 valence electrons. The fourth-order valence-corrected chi connectivity index (χ4v) is 1.96. The summed E-state index contributed by atoms with van der Waals surface area (Å²) in [5, 5.41) is 4.51. The summed E-state index contributed by atoms with van der Waals surface area (Å²) in [6.45, 7) is 8.00. The number of carbonyl (C=O) groups is 1. The standard InChI is InChI=1S/C14H18N2O.ClH.H2O/c1-9(2)13-12(14(17)10(3)4)11-7-5-6-8-16(11)15-13;;/h5-10H,1-4H3;1H;1H2. The normalized spacial score (nSPS) is 10.4. The SMILES string of the molecule is CC(C)C(=O)c1c(C(C)C)nn2ccccc12.Cl.O. The highest BCUT2D eigenvalue weighted by molar-refractivity contribution is 6.04. The van der Waals surface area contributed by atoms with E-state index in [1.165, 1.54) is 0 Å². The second-order valence-electron chi connectivity index (χ2n) is 4.96. The van der Waals surface area contributed by atoms with Crippen LogP contribution in [0.3, 0.4) is 0 Å². The molecule has 0 saturated heterocycles. The maximum Gasteiger partial charge on any atom is 0.169 e. The van der Waals surface area contributed by atoms with Crippen molar-refractivity contribution in [2.45, 2.75) is 33.6 Å². The molecule has 0 bridgehead atoms. The molecule has 0 saturated carbocycles. The first-order chi connectivity index (χ1) is 8.02. The molecule has 0 aliphatic rings. The third kappa shape index (κ3) is 3.14. The predicted octanol–water partition coefficient (Wildman–Crippen LogP) is 2.89. The molecule has 0 unspecified atom stereocenters. The molecule has 2 aromatic heterocycles. The van der Waals surface area contributed by atoms with E-state index in [0.29, 0.717) is 0 Å². The van der Waals surface area contributed by atoms with Gasteiger partial charge in [-0.15, -0.1) is 12.4 Å². The van der Waals surface area contributed by atoms with Crippen LogP contribution in [0.5, 0.6) is 0 Å². The third-order valence-corrected chi connectivity index (χ3v) is 2.88. The Labute approximate surface area is 119 Å². The Kier molecular flexibility index (Phi) is 6.19. The summed E-state index contributed by atoms with van der Waals surface area (Å²) in [4.78, 5) is 12.3. The number of ketones is 1. The van der Waals surface area contributed by atoms with Gasteiger partial charge in [0, 0.05) is 12.1 Å². The molecule has 0 radical (unpaired) electrons. The van der Waals surface area contributed by atoms with Crippen LogP contribution in [0.2, 0.25) is 0 Å². The van der Waals surface area contributed by atoms with Crippen LogP contribution in [0.1, 0.15) is 49.7 Å². The molecule has 5 heteroatoms. The summed E-state index contributed by atoms with van der Waals surface area (Å²) >= 11 is 0. The summed E-state index contributed by atoms with van der Waals surface area (Å²) in [6, 6.07) is 5.82. The molecule has 0 atom stereocenters. The van der Waals surface area contributed by atoms with E-state index in [0.717, 1.165) is 16.8 Å². The number of fused-ring (bicyclic) bond motifs is 1. The van der Waals surface area contributed by atoms with Crippen LogP contribution in [-0.2, 0) is 0 Å². The van der Waals surface area contributed by atoms with Crippen LogP contribution < -0.4 is 0 Å². The number of rotatable bonds is 3. The van der Waals surface area contributed by atoms with Crippen molar-refractivity contribution >= 4 is 23.7 Å². The highest BCUT2D eigenvalue weighted by atomic mass is 35.5. The van der Waals surface area contributed by atoms with Crippen molar-refractivity contribution in [3.8, 4) is 0 Å². The Balaban J connectivity index is 0.00000162. The van der Waals surface area contributed by atoms with Crippen molar-refractivity contribution in [1.29, 1.82) is 0 Å². The van der Waals surface area contributed by atoms with Crippen LogP contribution in [-0.4, -0.2) is 20.9 Å². The number of Topliss-reactive ketones (excluding diaryl/α,β-unsaturated/α-hetero) is 1. The van der Waals surface area contributed by atoms with Crippen LogP contribution in [0, 0.1) is 5.92 Å². The number of pyridine rings is 1. The smallest absolute Gasteiger partial charge is 0.169 e. The minimum absolute atomic E-state index is 0. The highest BCUT2D eigenvalue weighted by Crippen LogP contribution is 2.25. The second kappa shape index (κ2) is 6.68. The van der Waals surface area contributed by atoms with Crippen LogP contribution in [0.25, 0.3) is 5.52 Å². The maximum atomic E-state index is 12.3. The average molecular weight is 285 g/mol. The molecule has 0 fully saturated rings. The summed E-state index contributed by atoms with van der Waals surface area (Å²) in [6.07, 6.45) is 1.89. The molecule has 2 N–H and O–H groups in total. The van der Waals surface area contributed by atoms with Crippen molar-refractivity contribution in [2.24, 2.45) is 5.92 Å². The Morgan fingerprint density at radius 2 is 1.84 bits per heavy atom. The first kappa shape index (κ1) is 17.6. The molecule has 19 heavy (non-hydrogen) atoms. The molecule has 0 aliphatic carbocycles. The van der Waals surface area contributed by atoms with Crippen molar-refractivity contribution < 1.29 is 10.3 Å². The summed E-state index contributed by atoms with van der Waals surface area (Å²) in [5.41, 5.74) is 2.60. The van der Waals surface area contributed by atoms with Gasteiger partial charge in [0.05, 0.1) is 16.8 Å². The lowest BCUT2D eigenvalue weighted by molar-refractivity contribution is 0.0939. The second-order valence-corrected chi connectivity index (χ2v) is 4.96. The molecular formula is C14H21ClN2O2. The molecule has 2 aromatic rings. The largest absolute Gasteiger partial charge is 0.412 e. The van der Waals surface area contributed by atoms with Crippen molar-refractivity contribution in [3.63, 3.8) is 0 Å². The van der Waals surface area contributed by atoms with E-state index in [2.05, 4.69) is 18.9 Å². The third-order valence-electron chi connectivity index (χ3n) is 2.88. The van der Waals surface area contributed by atoms with E-state index < -0.39 is 0 Å². The van der Waals surface area contributed by atoms with Gasteiger partial charge in [0.25, 0.3) is 0 Å². The first-order valence-corrected chi connectivity index (χ1v) is 6.03. The van der Waals surface area contributed by atoms with Gasteiger partial charge in [0.1, 0.15) is 0 Å². The number of nitrogens with zero attached hydrogens (tertiary/aromatic N) is 2. The Morgan fingerprint density at radius 3 is 2.37 bits per heavy atom. The van der Waals surface area contributed by atoms with Crippen molar-refractivity contribution in [1.82, 2.24) is 9.61 Å². The molecule has 0 aliphatic heterocycles. The summed E-state index contributed by atoms with van der Waals surface area (Å²) in [5.74, 6) is 0.434. The molecule has 0 aromatic carbocycles. The number of hydrogen-bond donors (Lipinski definition) is 0. The van der Waals surface area contributed by atoms with Crippen LogP contribution in [0.4, 0.5) is 0 Å². The molecular weight excluding hydrogens is 264 g/mol. The van der Waals surface area contributed by atoms with Gasteiger partial charge < -0.3 is 5.48 Å². The van der Waals surface area contributed by atoms with Gasteiger partial charge in [-0.3, -0.25) is 4.79 Å². The predicted molar refractivity (Wildman–Crippen MR) is 79.3 cm³/mol. The Morgan fingerprint density at radius 1 is 1.21 bits per heavy atom. The zero-order valence-corrected chi connectivity index (χ0v) is 12.5. The van der Waals surface area contributed by atoms with E-state index in [1.54, 1.807) is 4.52 Å². The van der Waals surface area contributed by atoms with Crippen LogP contribution >= 0.6 is 12.4 Å². The van der Waals surface area contributed by atoms with Crippen LogP contribution in [0.15, 0.2) is 24.4 Å². The molecule has 0 amide bonds. The number of carbonyl (C=O) groups excluding carboxylic acids is 1. The van der Waals surface area contributed by atoms with Gasteiger partial charge in [-0.05, 0) is 18.1 Å². The molecule has 4 nitrogen and oxygen atoms in total. The maximum absolute atomic E-state index is 12.3. The first-order valence-electron chi connectivity index (χ1n) is 6.03. The minimum Gasteiger partial charge on any atom is -0.412 e. The summed E-state index contributed by atoms with van der Waals surface area (Å²) in [7, 11) is 0. The van der Waals surface area contributed by atoms with E-state index in [1.807, 2.05) is 38.2 Å². The van der Waals surface area contributed by atoms with E-state index >= 15 is 0 Å². The summed E-state index contributed by atoms with van der Waals surface area (Å²) < 4.78 is 1.80. The van der Waals surface area contributed by atoms with Gasteiger partial charge >= 0.3 is 0 Å². The highest BCUT2D eigenvalue weighted by Gasteiger charge is 2.22. The lowest BCUT2D eigenvalue weighted by Crippen LogP contribution is -2.10. The number of halogens is 1. The molecule has 2 heterocycles. The number of aromatic nitrogens is 2. The lowest BCUT2D eigenvalue weighted by atomic mass is 9.95. The lowest BCUT2D eigenvalue weighted by Gasteiger charge is -2.07. The number of hydrogen-bond acceptors (Lipinski definition) is 2. The quantitative estimate of drug-likeness (QED) is 0.813. The van der Waals surface area contributed by atoms with E-state index in [-0.39, 0.29) is 35.5 Å². The molecule has 0 spiro atoms. The van der Waals surface area contributed by atoms with Gasteiger partial charge in [0.15, 0.2) is 5.78 Å². The van der Waals surface area contributed by atoms with Gasteiger partial charge in [-0.2, -0.15) is 5.10 Å². The monoisotopic (exact) mass is 284 g/mol. The topological polar surface area (TPSA) is 65.9 Å². The van der Waals surface area contributed by atoms with Gasteiger partial charge in [-0.1, -0.05) is 33.8 Å².